The van der Waals surface area contributed by atoms with Crippen molar-refractivity contribution in [3.8, 4) is 11.5 Å². The van der Waals surface area contributed by atoms with Gasteiger partial charge in [0.2, 0.25) is 0 Å². The maximum atomic E-state index is 11.9. The van der Waals surface area contributed by atoms with Crippen LogP contribution in [0.2, 0.25) is 0 Å². The van der Waals surface area contributed by atoms with Crippen LogP contribution in [0.3, 0.4) is 0 Å². The van der Waals surface area contributed by atoms with Crippen LogP contribution in [0.5, 0.6) is 11.5 Å². The molecule has 106 valence electrons. The number of amides is 1. The highest BCUT2D eigenvalue weighted by atomic mass is 16.5. The monoisotopic (exact) mass is 267 g/mol. The first-order valence-corrected chi connectivity index (χ1v) is 5.98. The lowest BCUT2D eigenvalue weighted by atomic mass is 10.1. The van der Waals surface area contributed by atoms with E-state index in [1.807, 2.05) is 6.07 Å². The molecule has 0 fully saturated rings. The summed E-state index contributed by atoms with van der Waals surface area (Å²) in [7, 11) is 4.79. The van der Waals surface area contributed by atoms with Crippen LogP contribution in [0, 0.1) is 0 Å². The Kier molecular flexibility index (Phi) is 4.78. The van der Waals surface area contributed by atoms with Gasteiger partial charge in [0.25, 0.3) is 5.91 Å². The average Bonchev–Trinajstić information content (AvgIpc) is 2.36. The van der Waals surface area contributed by atoms with Crippen molar-refractivity contribution in [2.75, 3.05) is 21.3 Å². The van der Waals surface area contributed by atoms with Crippen molar-refractivity contribution >= 4 is 5.91 Å². The lowest BCUT2D eigenvalue weighted by Gasteiger charge is -2.25. The topological polar surface area (TPSA) is 59.0 Å². The predicted molar refractivity (Wildman–Crippen MR) is 72.3 cm³/mol. The van der Waals surface area contributed by atoms with Crippen LogP contribution in [0.1, 0.15) is 19.4 Å². The Balaban J connectivity index is 2.95. The molecule has 0 spiro atoms. The molecule has 0 unspecified atom stereocenters. The normalized spacial score (nSPS) is 11.1. The number of carbonyl (C=O) groups excluding carboxylic acids is 1. The largest absolute Gasteiger partial charge is 0.497 e. The van der Waals surface area contributed by atoms with E-state index in [1.165, 1.54) is 18.7 Å². The molecule has 1 amide bonds. The minimum Gasteiger partial charge on any atom is -0.497 e. The summed E-state index contributed by atoms with van der Waals surface area (Å²) >= 11 is 0. The number of likely N-dealkylation sites (N-methyl/N-ethyl adjacent to an activating group) is 1. The van der Waals surface area contributed by atoms with Gasteiger partial charge in [-0.3, -0.25) is 4.79 Å². The Labute approximate surface area is 113 Å². The second kappa shape index (κ2) is 5.93. The van der Waals surface area contributed by atoms with Crippen molar-refractivity contribution in [3.05, 3.63) is 23.8 Å². The maximum absolute atomic E-state index is 11.9. The van der Waals surface area contributed by atoms with Gasteiger partial charge in [0.05, 0.1) is 14.2 Å². The van der Waals surface area contributed by atoms with E-state index in [0.29, 0.717) is 18.0 Å². The smallest absolute Gasteiger partial charge is 0.253 e. The lowest BCUT2D eigenvalue weighted by molar-refractivity contribution is -0.147. The number of hydrogen-bond donors (Lipinski definition) is 1. The number of nitrogens with zero attached hydrogens (tertiary/aromatic N) is 1. The van der Waals surface area contributed by atoms with Gasteiger partial charge < -0.3 is 19.5 Å². The molecule has 1 rings (SSSR count). The summed E-state index contributed by atoms with van der Waals surface area (Å²) in [6.45, 7) is 3.27. The number of carbonyl (C=O) groups is 1. The molecule has 0 radical (unpaired) electrons. The van der Waals surface area contributed by atoms with E-state index in [9.17, 15) is 9.90 Å². The molecule has 0 aliphatic carbocycles. The second-order valence-electron chi connectivity index (χ2n) is 4.90. The van der Waals surface area contributed by atoms with E-state index >= 15 is 0 Å². The molecule has 0 aliphatic rings. The summed E-state index contributed by atoms with van der Waals surface area (Å²) < 4.78 is 10.4. The van der Waals surface area contributed by atoms with Crippen molar-refractivity contribution in [3.63, 3.8) is 0 Å². The highest BCUT2D eigenvalue weighted by molar-refractivity contribution is 5.83. The van der Waals surface area contributed by atoms with E-state index in [0.717, 1.165) is 5.56 Å². The Hall–Kier alpha value is -1.75. The summed E-state index contributed by atoms with van der Waals surface area (Å²) in [4.78, 5) is 13.4. The van der Waals surface area contributed by atoms with Crippen LogP contribution in [0.25, 0.3) is 0 Å². The number of methoxy groups -OCH3 is 2. The fraction of sp³-hybridized carbons (Fsp3) is 0.500. The van der Waals surface area contributed by atoms with E-state index in [2.05, 4.69) is 0 Å². The Bertz CT molecular complexity index is 451. The summed E-state index contributed by atoms with van der Waals surface area (Å²) in [5.41, 5.74) is -0.567. The third kappa shape index (κ3) is 3.86. The van der Waals surface area contributed by atoms with Gasteiger partial charge in [-0.05, 0) is 32.0 Å². The molecule has 1 aromatic carbocycles. The van der Waals surface area contributed by atoms with Crippen molar-refractivity contribution in [2.24, 2.45) is 0 Å². The summed E-state index contributed by atoms with van der Waals surface area (Å²) in [5, 5.41) is 9.71. The molecule has 0 aromatic heterocycles. The fourth-order valence-corrected chi connectivity index (χ4v) is 1.80. The van der Waals surface area contributed by atoms with Crippen LogP contribution >= 0.6 is 0 Å². The van der Waals surface area contributed by atoms with Gasteiger partial charge in [0.15, 0.2) is 0 Å². The van der Waals surface area contributed by atoms with E-state index < -0.39 is 5.60 Å². The second-order valence-corrected chi connectivity index (χ2v) is 4.90. The molecule has 0 saturated carbocycles. The predicted octanol–water partition coefficient (Wildman–Crippen LogP) is 1.43. The molecule has 0 atom stereocenters. The van der Waals surface area contributed by atoms with Gasteiger partial charge in [-0.15, -0.1) is 0 Å². The van der Waals surface area contributed by atoms with Gasteiger partial charge in [0.1, 0.15) is 17.1 Å². The zero-order chi connectivity index (χ0) is 14.6. The van der Waals surface area contributed by atoms with Crippen molar-refractivity contribution in [1.82, 2.24) is 4.90 Å². The fourth-order valence-electron chi connectivity index (χ4n) is 1.80. The summed E-state index contributed by atoms with van der Waals surface area (Å²) in [6, 6.07) is 5.39. The number of rotatable bonds is 5. The molecule has 5 heteroatoms. The molecule has 1 aromatic rings. The molecule has 0 saturated heterocycles. The minimum atomic E-state index is -1.39. The van der Waals surface area contributed by atoms with Crippen molar-refractivity contribution in [1.29, 1.82) is 0 Å². The van der Waals surface area contributed by atoms with Crippen LogP contribution in [0.4, 0.5) is 0 Å². The van der Waals surface area contributed by atoms with Gasteiger partial charge in [-0.2, -0.15) is 0 Å². The van der Waals surface area contributed by atoms with Crippen LogP contribution in [-0.4, -0.2) is 42.8 Å². The van der Waals surface area contributed by atoms with Crippen LogP contribution < -0.4 is 9.47 Å². The van der Waals surface area contributed by atoms with Gasteiger partial charge in [-0.25, -0.2) is 0 Å². The van der Waals surface area contributed by atoms with E-state index in [-0.39, 0.29) is 5.91 Å². The van der Waals surface area contributed by atoms with Gasteiger partial charge in [-0.1, -0.05) is 0 Å². The SMILES string of the molecule is COc1ccc(OC)c(CN(C)C(=O)C(C)(C)O)c1. The Morgan fingerprint density at radius 1 is 1.32 bits per heavy atom. The number of aliphatic hydroxyl groups is 1. The summed E-state index contributed by atoms with van der Waals surface area (Å²) in [5.74, 6) is 1.02. The first-order chi connectivity index (χ1) is 8.79. The molecule has 1 N–H and O–H groups in total. The first-order valence-electron chi connectivity index (χ1n) is 5.98. The zero-order valence-corrected chi connectivity index (χ0v) is 12.1. The highest BCUT2D eigenvalue weighted by Crippen LogP contribution is 2.25. The number of benzene rings is 1. The Morgan fingerprint density at radius 2 is 1.95 bits per heavy atom. The molecule has 19 heavy (non-hydrogen) atoms. The molecule has 0 aliphatic heterocycles. The van der Waals surface area contributed by atoms with Crippen LogP contribution in [-0.2, 0) is 11.3 Å². The lowest BCUT2D eigenvalue weighted by Crippen LogP contribution is -2.42. The highest BCUT2D eigenvalue weighted by Gasteiger charge is 2.27. The molecule has 0 bridgehead atoms. The standard InChI is InChI=1S/C14H21NO4/c1-14(2,17)13(16)15(3)9-10-8-11(18-4)6-7-12(10)19-5/h6-8,17H,9H2,1-5H3. The summed E-state index contributed by atoms with van der Waals surface area (Å²) in [6.07, 6.45) is 0. The first kappa shape index (κ1) is 15.3. The van der Waals surface area contributed by atoms with Gasteiger partial charge >= 0.3 is 0 Å². The molecular weight excluding hydrogens is 246 g/mol. The Morgan fingerprint density at radius 3 is 2.42 bits per heavy atom. The molecule has 0 heterocycles. The third-order valence-electron chi connectivity index (χ3n) is 2.77. The maximum Gasteiger partial charge on any atom is 0.253 e. The molecule has 5 nitrogen and oxygen atoms in total. The minimum absolute atomic E-state index is 0.337. The van der Waals surface area contributed by atoms with E-state index in [1.54, 1.807) is 33.4 Å². The van der Waals surface area contributed by atoms with Crippen LogP contribution in [0.15, 0.2) is 18.2 Å². The quantitative estimate of drug-likeness (QED) is 0.877. The van der Waals surface area contributed by atoms with Crippen molar-refractivity contribution < 1.29 is 19.4 Å². The van der Waals surface area contributed by atoms with E-state index in [4.69, 9.17) is 9.47 Å². The third-order valence-corrected chi connectivity index (χ3v) is 2.77. The number of hydrogen-bond acceptors (Lipinski definition) is 4. The van der Waals surface area contributed by atoms with Crippen molar-refractivity contribution in [2.45, 2.75) is 26.0 Å². The zero-order valence-electron chi connectivity index (χ0n) is 12.1. The average molecular weight is 267 g/mol. The van der Waals surface area contributed by atoms with Gasteiger partial charge in [0, 0.05) is 19.2 Å². The molecular formula is C14H21NO4. The number of ether oxygens (including phenoxy) is 2.